The number of carbonyl (C=O) groups is 2. The lowest BCUT2D eigenvalue weighted by Crippen LogP contribution is -2.46. The highest BCUT2D eigenvalue weighted by Crippen LogP contribution is 2.06. The van der Waals surface area contributed by atoms with Crippen LogP contribution in [-0.4, -0.2) is 39.6 Å². The van der Waals surface area contributed by atoms with Gasteiger partial charge in [-0.25, -0.2) is 14.8 Å². The topological polar surface area (TPSA) is 101 Å². The molecule has 104 valence electrons. The molecular formula is C12H17N3O4. The van der Waals surface area contributed by atoms with Crippen LogP contribution in [0.4, 0.5) is 0 Å². The summed E-state index contributed by atoms with van der Waals surface area (Å²) in [6.07, 6.45) is 1.33. The van der Waals surface area contributed by atoms with Gasteiger partial charge in [0.2, 0.25) is 5.88 Å². The van der Waals surface area contributed by atoms with Gasteiger partial charge in [-0.2, -0.15) is 0 Å². The lowest BCUT2D eigenvalue weighted by molar-refractivity contribution is -0.143. The maximum Gasteiger partial charge on any atom is 0.326 e. The molecule has 0 aliphatic rings. The summed E-state index contributed by atoms with van der Waals surface area (Å²) < 4.78 is 5.15. The van der Waals surface area contributed by atoms with Crippen LogP contribution >= 0.6 is 0 Å². The minimum Gasteiger partial charge on any atom is -0.480 e. The van der Waals surface area contributed by atoms with Crippen molar-refractivity contribution in [3.8, 4) is 5.88 Å². The van der Waals surface area contributed by atoms with E-state index in [2.05, 4.69) is 15.3 Å². The maximum atomic E-state index is 11.6. The first-order valence-corrected chi connectivity index (χ1v) is 5.83. The quantitative estimate of drug-likeness (QED) is 0.773. The van der Waals surface area contributed by atoms with Gasteiger partial charge in [0.05, 0.1) is 0 Å². The third-order valence-corrected chi connectivity index (χ3v) is 2.38. The largest absolute Gasteiger partial charge is 0.480 e. The number of aromatic nitrogens is 2. The van der Waals surface area contributed by atoms with Crippen LogP contribution < -0.4 is 10.1 Å². The van der Waals surface area contributed by atoms with E-state index in [4.69, 9.17) is 9.84 Å². The van der Waals surface area contributed by atoms with Crippen LogP contribution in [0.2, 0.25) is 0 Å². The highest BCUT2D eigenvalue weighted by molar-refractivity contribution is 5.84. The number of nitrogens with one attached hydrogen (secondary N) is 1. The second-order valence-corrected chi connectivity index (χ2v) is 4.41. The van der Waals surface area contributed by atoms with E-state index >= 15 is 0 Å². The summed E-state index contributed by atoms with van der Waals surface area (Å²) >= 11 is 0. The zero-order chi connectivity index (χ0) is 14.4. The summed E-state index contributed by atoms with van der Waals surface area (Å²) in [7, 11) is 0. The SMILES string of the molecule is Cc1cc(OCC(=O)N[C@H](C(=O)O)C(C)C)ncn1. The van der Waals surface area contributed by atoms with Crippen LogP contribution in [0.1, 0.15) is 19.5 Å². The molecule has 0 spiro atoms. The van der Waals surface area contributed by atoms with Gasteiger partial charge in [-0.1, -0.05) is 13.8 Å². The second kappa shape index (κ2) is 6.67. The number of carboxylic acids is 1. The normalized spacial score (nSPS) is 12.0. The van der Waals surface area contributed by atoms with Gasteiger partial charge in [0.1, 0.15) is 12.4 Å². The molecule has 1 rings (SSSR count). The van der Waals surface area contributed by atoms with E-state index in [0.29, 0.717) is 0 Å². The van der Waals surface area contributed by atoms with Crippen LogP contribution in [0.15, 0.2) is 12.4 Å². The minimum atomic E-state index is -1.07. The summed E-state index contributed by atoms with van der Waals surface area (Å²) in [6.45, 7) is 4.92. The Balaban J connectivity index is 2.49. The molecule has 0 saturated carbocycles. The zero-order valence-electron chi connectivity index (χ0n) is 11.1. The Bertz CT molecular complexity index is 462. The standard InChI is InChI=1S/C12H17N3O4/c1-7(2)11(12(17)18)15-9(16)5-19-10-4-8(3)13-6-14-10/h4,6-7,11H,5H2,1-3H3,(H,15,16)(H,17,18)/t11-/m0/s1. The molecule has 0 unspecified atom stereocenters. The molecule has 0 bridgehead atoms. The Hall–Kier alpha value is -2.18. The van der Waals surface area contributed by atoms with Crippen LogP contribution in [0, 0.1) is 12.8 Å². The van der Waals surface area contributed by atoms with Crippen LogP contribution in [-0.2, 0) is 9.59 Å². The van der Waals surface area contributed by atoms with Crippen molar-refractivity contribution in [2.24, 2.45) is 5.92 Å². The average molecular weight is 267 g/mol. The number of ether oxygens (including phenoxy) is 1. The lowest BCUT2D eigenvalue weighted by Gasteiger charge is -2.17. The van der Waals surface area contributed by atoms with E-state index in [-0.39, 0.29) is 18.4 Å². The maximum absolute atomic E-state index is 11.6. The fourth-order valence-corrected chi connectivity index (χ4v) is 1.38. The first-order chi connectivity index (χ1) is 8.90. The Morgan fingerprint density at radius 3 is 2.63 bits per heavy atom. The summed E-state index contributed by atoms with van der Waals surface area (Å²) in [5.74, 6) is -1.50. The number of hydrogen-bond acceptors (Lipinski definition) is 5. The molecule has 1 heterocycles. The number of amides is 1. The molecule has 0 radical (unpaired) electrons. The number of nitrogens with zero attached hydrogens (tertiary/aromatic N) is 2. The van der Waals surface area contributed by atoms with Gasteiger partial charge in [-0.3, -0.25) is 4.79 Å². The third-order valence-electron chi connectivity index (χ3n) is 2.38. The zero-order valence-corrected chi connectivity index (χ0v) is 11.1. The molecule has 0 aliphatic carbocycles. The lowest BCUT2D eigenvalue weighted by atomic mass is 10.1. The summed E-state index contributed by atoms with van der Waals surface area (Å²) in [5.41, 5.74) is 0.719. The molecule has 1 amide bonds. The van der Waals surface area contributed by atoms with Crippen molar-refractivity contribution >= 4 is 11.9 Å². The molecule has 1 aromatic heterocycles. The van der Waals surface area contributed by atoms with E-state index < -0.39 is 17.9 Å². The van der Waals surface area contributed by atoms with Crippen molar-refractivity contribution in [3.05, 3.63) is 18.1 Å². The minimum absolute atomic E-state index is 0.206. The smallest absolute Gasteiger partial charge is 0.326 e. The molecule has 7 nitrogen and oxygen atoms in total. The number of aliphatic carboxylic acids is 1. The van der Waals surface area contributed by atoms with Crippen LogP contribution in [0.3, 0.4) is 0 Å². The predicted molar refractivity (Wildman–Crippen MR) is 66.7 cm³/mol. The monoisotopic (exact) mass is 267 g/mol. The number of aryl methyl sites for hydroxylation is 1. The van der Waals surface area contributed by atoms with Crippen LogP contribution in [0.25, 0.3) is 0 Å². The molecule has 0 saturated heterocycles. The van der Waals surface area contributed by atoms with Crippen molar-refractivity contribution in [2.75, 3.05) is 6.61 Å². The van der Waals surface area contributed by atoms with Gasteiger partial charge >= 0.3 is 5.97 Å². The van der Waals surface area contributed by atoms with E-state index in [1.54, 1.807) is 26.8 Å². The molecule has 19 heavy (non-hydrogen) atoms. The van der Waals surface area contributed by atoms with Gasteiger partial charge in [-0.05, 0) is 12.8 Å². The molecule has 0 fully saturated rings. The number of carboxylic acid groups (broad SMARTS) is 1. The van der Waals surface area contributed by atoms with Crippen molar-refractivity contribution in [1.82, 2.24) is 15.3 Å². The molecule has 2 N–H and O–H groups in total. The molecule has 0 aliphatic heterocycles. The van der Waals surface area contributed by atoms with Gasteiger partial charge in [-0.15, -0.1) is 0 Å². The van der Waals surface area contributed by atoms with Crippen molar-refractivity contribution in [2.45, 2.75) is 26.8 Å². The van der Waals surface area contributed by atoms with Gasteiger partial charge in [0.25, 0.3) is 5.91 Å². The molecule has 1 atom stereocenters. The molecule has 1 aromatic rings. The summed E-state index contributed by atoms with van der Waals surface area (Å²) in [6, 6.07) is 0.660. The van der Waals surface area contributed by atoms with E-state index in [1.807, 2.05) is 0 Å². The van der Waals surface area contributed by atoms with E-state index in [1.165, 1.54) is 6.33 Å². The fraction of sp³-hybridized carbons (Fsp3) is 0.500. The fourth-order valence-electron chi connectivity index (χ4n) is 1.38. The van der Waals surface area contributed by atoms with Gasteiger partial charge < -0.3 is 15.2 Å². The third kappa shape index (κ3) is 4.90. The van der Waals surface area contributed by atoms with Gasteiger partial charge in [0, 0.05) is 11.8 Å². The van der Waals surface area contributed by atoms with Crippen molar-refractivity contribution < 1.29 is 19.4 Å². The molecule has 7 heteroatoms. The van der Waals surface area contributed by atoms with E-state index in [9.17, 15) is 9.59 Å². The Morgan fingerprint density at radius 2 is 2.11 bits per heavy atom. The predicted octanol–water partition coefficient (Wildman–Crippen LogP) is 0.389. The average Bonchev–Trinajstić information content (AvgIpc) is 2.32. The number of hydrogen-bond donors (Lipinski definition) is 2. The van der Waals surface area contributed by atoms with Crippen LogP contribution in [0.5, 0.6) is 5.88 Å². The highest BCUT2D eigenvalue weighted by atomic mass is 16.5. The van der Waals surface area contributed by atoms with Gasteiger partial charge in [0.15, 0.2) is 6.61 Å². The Labute approximate surface area is 111 Å². The number of carbonyl (C=O) groups excluding carboxylic acids is 1. The van der Waals surface area contributed by atoms with E-state index in [0.717, 1.165) is 5.69 Å². The molecule has 0 aromatic carbocycles. The Kier molecular flexibility index (Phi) is 5.23. The second-order valence-electron chi connectivity index (χ2n) is 4.41. The summed E-state index contributed by atoms with van der Waals surface area (Å²) in [5, 5.41) is 11.3. The Morgan fingerprint density at radius 1 is 1.42 bits per heavy atom. The highest BCUT2D eigenvalue weighted by Gasteiger charge is 2.23. The first kappa shape index (κ1) is 14.9. The molecular weight excluding hydrogens is 250 g/mol. The van der Waals surface area contributed by atoms with Crippen molar-refractivity contribution in [3.63, 3.8) is 0 Å². The van der Waals surface area contributed by atoms with Crippen molar-refractivity contribution in [1.29, 1.82) is 0 Å². The first-order valence-electron chi connectivity index (χ1n) is 5.83. The number of rotatable bonds is 6. The summed E-state index contributed by atoms with van der Waals surface area (Å²) in [4.78, 5) is 30.2.